The fourth-order valence-electron chi connectivity index (χ4n) is 3.60. The minimum absolute atomic E-state index is 0.230. The predicted molar refractivity (Wildman–Crippen MR) is 104 cm³/mol. The largest absolute Gasteiger partial charge is 0.300 e. The molecule has 10 heteroatoms. The number of rotatable bonds is 4. The molecule has 3 heterocycles. The Morgan fingerprint density at radius 2 is 1.93 bits per heavy atom. The molecule has 0 saturated heterocycles. The van der Waals surface area contributed by atoms with Crippen LogP contribution in [0, 0.1) is 0 Å². The zero-order valence-corrected chi connectivity index (χ0v) is 15.8. The van der Waals surface area contributed by atoms with Crippen LogP contribution in [-0.2, 0) is 0 Å². The van der Waals surface area contributed by atoms with Crippen LogP contribution in [0.1, 0.15) is 38.1 Å². The fourth-order valence-corrected chi connectivity index (χ4v) is 4.40. The molecule has 0 spiro atoms. The maximum absolute atomic E-state index is 12.5. The average Bonchev–Trinajstić information content (AvgIpc) is 3.37. The molecule has 3 aromatic heterocycles. The van der Waals surface area contributed by atoms with Crippen LogP contribution in [0.2, 0.25) is 0 Å². The average molecular weight is 394 g/mol. The molecule has 0 radical (unpaired) electrons. The second-order valence-corrected chi connectivity index (χ2v) is 7.76. The van der Waals surface area contributed by atoms with Gasteiger partial charge >= 0.3 is 0 Å². The van der Waals surface area contributed by atoms with E-state index < -0.39 is 0 Å². The van der Waals surface area contributed by atoms with Gasteiger partial charge in [0.25, 0.3) is 5.56 Å². The summed E-state index contributed by atoms with van der Waals surface area (Å²) in [4.78, 5) is 20.0. The van der Waals surface area contributed by atoms with Gasteiger partial charge in [-0.3, -0.25) is 4.79 Å². The Morgan fingerprint density at radius 3 is 2.75 bits per heavy atom. The molecule has 0 bridgehead atoms. The Balaban J connectivity index is 1.52. The topological polar surface area (TPSA) is 107 Å². The third-order valence-corrected chi connectivity index (χ3v) is 5.83. The van der Waals surface area contributed by atoms with Crippen molar-refractivity contribution in [3.63, 3.8) is 0 Å². The quantitative estimate of drug-likeness (QED) is 0.530. The Bertz CT molecular complexity index is 1160. The van der Waals surface area contributed by atoms with Crippen LogP contribution >= 0.6 is 11.8 Å². The van der Waals surface area contributed by atoms with Crippen LogP contribution in [0.15, 0.2) is 51.6 Å². The van der Waals surface area contributed by atoms with E-state index in [-0.39, 0.29) is 5.56 Å². The minimum Gasteiger partial charge on any atom is -0.300 e. The standard InChI is InChI=1S/C18H18N8OS/c27-16-14-11-19-25(12-7-3-1-4-8-12)15(14)20-17(21-16)28-18-22-23-24-26(18)13-9-5-2-6-10-13/h1,3-4,7-8,11,13H,2,5-6,9-10H2,(H,20,21,27). The highest BCUT2D eigenvalue weighted by atomic mass is 32.2. The number of fused-ring (bicyclic) bond motifs is 1. The number of aromatic amines is 1. The number of aromatic nitrogens is 8. The van der Waals surface area contributed by atoms with E-state index in [9.17, 15) is 4.79 Å². The molecule has 4 aromatic rings. The van der Waals surface area contributed by atoms with E-state index in [1.165, 1.54) is 37.2 Å². The lowest BCUT2D eigenvalue weighted by molar-refractivity contribution is 0.307. The third-order valence-electron chi connectivity index (χ3n) is 4.99. The van der Waals surface area contributed by atoms with Crippen molar-refractivity contribution in [1.29, 1.82) is 0 Å². The van der Waals surface area contributed by atoms with Crippen LogP contribution < -0.4 is 5.56 Å². The fraction of sp³-hybridized carbons (Fsp3) is 0.333. The van der Waals surface area contributed by atoms with Crippen LogP contribution in [0.5, 0.6) is 0 Å². The maximum Gasteiger partial charge on any atom is 0.262 e. The van der Waals surface area contributed by atoms with Crippen molar-refractivity contribution >= 4 is 22.8 Å². The van der Waals surface area contributed by atoms with Gasteiger partial charge in [0.2, 0.25) is 5.16 Å². The van der Waals surface area contributed by atoms with Crippen molar-refractivity contribution < 1.29 is 0 Å². The highest BCUT2D eigenvalue weighted by molar-refractivity contribution is 7.99. The summed E-state index contributed by atoms with van der Waals surface area (Å²) in [6.07, 6.45) is 7.31. The monoisotopic (exact) mass is 394 g/mol. The molecule has 142 valence electrons. The summed E-state index contributed by atoms with van der Waals surface area (Å²) in [6.45, 7) is 0. The Morgan fingerprint density at radius 1 is 1.11 bits per heavy atom. The molecular formula is C18H18N8OS. The highest BCUT2D eigenvalue weighted by Gasteiger charge is 2.22. The van der Waals surface area contributed by atoms with Crippen LogP contribution in [-0.4, -0.2) is 40.0 Å². The summed E-state index contributed by atoms with van der Waals surface area (Å²) < 4.78 is 3.53. The molecule has 1 aliphatic carbocycles. The van der Waals surface area contributed by atoms with Crippen molar-refractivity contribution in [3.8, 4) is 5.69 Å². The number of hydrogen-bond acceptors (Lipinski definition) is 7. The van der Waals surface area contributed by atoms with E-state index >= 15 is 0 Å². The Hall–Kier alpha value is -3.01. The van der Waals surface area contributed by atoms with Gasteiger partial charge in [0, 0.05) is 0 Å². The summed E-state index contributed by atoms with van der Waals surface area (Å²) >= 11 is 1.27. The van der Waals surface area contributed by atoms with Crippen LogP contribution in [0.3, 0.4) is 0 Å². The SMILES string of the molecule is O=c1[nH]c(Sc2nnnn2C2CCCCC2)nc2c1cnn2-c1ccccc1. The van der Waals surface area contributed by atoms with Gasteiger partial charge in [0.05, 0.1) is 17.9 Å². The number of nitrogens with one attached hydrogen (secondary N) is 1. The molecule has 5 rings (SSSR count). The molecule has 0 unspecified atom stereocenters. The highest BCUT2D eigenvalue weighted by Crippen LogP contribution is 2.31. The summed E-state index contributed by atoms with van der Waals surface area (Å²) in [6, 6.07) is 9.92. The first-order valence-electron chi connectivity index (χ1n) is 9.29. The summed E-state index contributed by atoms with van der Waals surface area (Å²) in [7, 11) is 0. The number of hydrogen-bond donors (Lipinski definition) is 1. The van der Waals surface area contributed by atoms with Gasteiger partial charge in [-0.15, -0.1) is 5.10 Å². The van der Waals surface area contributed by atoms with E-state index in [4.69, 9.17) is 0 Å². The van der Waals surface area contributed by atoms with Gasteiger partial charge in [-0.25, -0.2) is 14.3 Å². The zero-order chi connectivity index (χ0) is 18.9. The van der Waals surface area contributed by atoms with Gasteiger partial charge in [-0.2, -0.15) is 5.10 Å². The van der Waals surface area contributed by atoms with Crippen molar-refractivity contribution in [2.24, 2.45) is 0 Å². The maximum atomic E-state index is 12.5. The molecule has 1 aliphatic rings. The van der Waals surface area contributed by atoms with Crippen molar-refractivity contribution in [2.75, 3.05) is 0 Å². The van der Waals surface area contributed by atoms with E-state index in [1.54, 1.807) is 4.68 Å². The summed E-state index contributed by atoms with van der Waals surface area (Å²) in [5.41, 5.74) is 1.12. The van der Waals surface area contributed by atoms with Gasteiger partial charge in [-0.05, 0) is 47.2 Å². The summed E-state index contributed by atoms with van der Waals surface area (Å²) in [5.74, 6) is 0. The lowest BCUT2D eigenvalue weighted by atomic mass is 9.96. The molecule has 9 nitrogen and oxygen atoms in total. The third kappa shape index (κ3) is 3.09. The second kappa shape index (κ2) is 7.19. The molecule has 1 fully saturated rings. The molecule has 28 heavy (non-hydrogen) atoms. The van der Waals surface area contributed by atoms with Crippen molar-refractivity contribution in [3.05, 3.63) is 46.9 Å². The normalized spacial score (nSPS) is 15.3. The van der Waals surface area contributed by atoms with Crippen molar-refractivity contribution in [2.45, 2.75) is 48.5 Å². The van der Waals surface area contributed by atoms with E-state index in [1.807, 2.05) is 35.0 Å². The van der Waals surface area contributed by atoms with Gasteiger partial charge in [0.1, 0.15) is 5.39 Å². The molecule has 0 amide bonds. The number of nitrogens with zero attached hydrogens (tertiary/aromatic N) is 7. The molecule has 1 aromatic carbocycles. The zero-order valence-electron chi connectivity index (χ0n) is 15.0. The number of H-pyrrole nitrogens is 1. The molecule has 1 saturated carbocycles. The van der Waals surface area contributed by atoms with Crippen LogP contribution in [0.25, 0.3) is 16.7 Å². The van der Waals surface area contributed by atoms with Crippen molar-refractivity contribution in [1.82, 2.24) is 40.0 Å². The number of benzene rings is 1. The lowest BCUT2D eigenvalue weighted by Crippen LogP contribution is -2.16. The van der Waals surface area contributed by atoms with E-state index in [0.717, 1.165) is 18.5 Å². The Labute approximate surface area is 164 Å². The molecule has 1 N–H and O–H groups in total. The number of tetrazole rings is 1. The predicted octanol–water partition coefficient (Wildman–Crippen LogP) is 2.75. The van der Waals surface area contributed by atoms with Crippen LogP contribution in [0.4, 0.5) is 0 Å². The second-order valence-electron chi connectivity index (χ2n) is 6.80. The molecule has 0 aliphatic heterocycles. The number of para-hydroxylation sites is 1. The first-order chi connectivity index (χ1) is 13.8. The molecule has 0 atom stereocenters. The van der Waals surface area contributed by atoms with Gasteiger partial charge in [0.15, 0.2) is 10.8 Å². The summed E-state index contributed by atoms with van der Waals surface area (Å²) in [5, 5.41) is 18.0. The lowest BCUT2D eigenvalue weighted by Gasteiger charge is -2.21. The van der Waals surface area contributed by atoms with Gasteiger partial charge < -0.3 is 4.98 Å². The first-order valence-corrected chi connectivity index (χ1v) is 10.1. The van der Waals surface area contributed by atoms with E-state index in [2.05, 4.69) is 30.6 Å². The Kier molecular flexibility index (Phi) is 4.40. The first kappa shape index (κ1) is 17.1. The molecular weight excluding hydrogens is 376 g/mol. The minimum atomic E-state index is -0.230. The smallest absolute Gasteiger partial charge is 0.262 e. The van der Waals surface area contributed by atoms with Gasteiger partial charge in [-0.1, -0.05) is 37.5 Å². The van der Waals surface area contributed by atoms with E-state index in [0.29, 0.717) is 27.4 Å².